The van der Waals surface area contributed by atoms with Crippen molar-refractivity contribution in [2.75, 3.05) is 26.3 Å². The predicted octanol–water partition coefficient (Wildman–Crippen LogP) is 3.64. The fraction of sp³-hybridized carbons (Fsp3) is 0.440. The van der Waals surface area contributed by atoms with Crippen LogP contribution in [0.15, 0.2) is 42.5 Å². The highest BCUT2D eigenvalue weighted by Gasteiger charge is 2.22. The number of benzene rings is 2. The first kappa shape index (κ1) is 22.7. The third-order valence-corrected chi connectivity index (χ3v) is 5.40. The molecule has 0 fully saturated rings. The van der Waals surface area contributed by atoms with Crippen LogP contribution in [0.5, 0.6) is 11.5 Å². The molecular weight excluding hydrogens is 392 g/mol. The molecule has 2 aromatic carbocycles. The number of hydrogen-bond donors (Lipinski definition) is 1. The second-order valence-corrected chi connectivity index (χ2v) is 7.79. The number of amides is 2. The first-order valence-electron chi connectivity index (χ1n) is 11.0. The maximum absolute atomic E-state index is 13.2. The Morgan fingerprint density at radius 3 is 2.74 bits per heavy atom. The van der Waals surface area contributed by atoms with Gasteiger partial charge in [-0.1, -0.05) is 36.4 Å². The minimum absolute atomic E-state index is 0.0169. The van der Waals surface area contributed by atoms with Gasteiger partial charge in [0.1, 0.15) is 0 Å². The largest absolute Gasteiger partial charge is 0.490 e. The number of nitrogens with zero attached hydrogens (tertiary/aromatic N) is 1. The maximum Gasteiger partial charge on any atom is 0.239 e. The summed E-state index contributed by atoms with van der Waals surface area (Å²) < 4.78 is 11.9. The number of rotatable bonds is 4. The van der Waals surface area contributed by atoms with Gasteiger partial charge in [-0.15, -0.1) is 0 Å². The molecule has 31 heavy (non-hydrogen) atoms. The average Bonchev–Trinajstić information content (AvgIpc) is 2.77. The Morgan fingerprint density at radius 1 is 1.10 bits per heavy atom. The normalized spacial score (nSPS) is 15.4. The summed E-state index contributed by atoms with van der Waals surface area (Å²) in [6.07, 6.45) is 2.99. The molecule has 0 aromatic heterocycles. The molecular formula is C25H32N2O4. The van der Waals surface area contributed by atoms with E-state index in [1.807, 2.05) is 56.3 Å². The van der Waals surface area contributed by atoms with Crippen LogP contribution in [0.4, 0.5) is 0 Å². The minimum Gasteiger partial charge on any atom is -0.490 e. The summed E-state index contributed by atoms with van der Waals surface area (Å²) in [7, 11) is 0. The van der Waals surface area contributed by atoms with Crippen LogP contribution in [0.3, 0.4) is 0 Å². The zero-order valence-corrected chi connectivity index (χ0v) is 18.5. The van der Waals surface area contributed by atoms with Gasteiger partial charge in [0.05, 0.1) is 32.7 Å². The van der Waals surface area contributed by atoms with E-state index < -0.39 is 0 Å². The summed E-state index contributed by atoms with van der Waals surface area (Å²) in [5.41, 5.74) is 2.88. The lowest BCUT2D eigenvalue weighted by atomic mass is 10.0. The molecule has 0 bridgehead atoms. The molecule has 0 saturated heterocycles. The number of aryl methyl sites for hydroxylation is 1. The molecule has 0 atom stereocenters. The molecule has 2 aromatic rings. The van der Waals surface area contributed by atoms with E-state index in [0.717, 1.165) is 36.0 Å². The van der Waals surface area contributed by atoms with E-state index in [2.05, 4.69) is 5.32 Å². The number of fused-ring (bicyclic) bond motifs is 1. The number of nitrogens with one attached hydrogen (secondary N) is 1. The van der Waals surface area contributed by atoms with Crippen LogP contribution >= 0.6 is 0 Å². The Kier molecular flexibility index (Phi) is 8.33. The zero-order valence-electron chi connectivity index (χ0n) is 18.5. The molecule has 0 unspecified atom stereocenters. The van der Waals surface area contributed by atoms with Gasteiger partial charge in [0, 0.05) is 12.1 Å². The smallest absolute Gasteiger partial charge is 0.239 e. The molecule has 1 heterocycles. The molecule has 0 saturated carbocycles. The maximum atomic E-state index is 13.2. The molecule has 1 aliphatic rings. The standard InChI is InChI=1S/C25H32N2O4/c1-3-30-22-13-9-12-21-17-27(24(29)16-20-11-6-5-10-19(20)2)18-23(28)26-14-7-4-8-15-31-25(21)22/h5-6,9-13H,3-4,7-8,14-18H2,1-2H3,(H,26,28). The fourth-order valence-electron chi connectivity index (χ4n) is 3.67. The third kappa shape index (κ3) is 6.48. The molecule has 166 valence electrons. The summed E-state index contributed by atoms with van der Waals surface area (Å²) in [6, 6.07) is 13.6. The molecule has 1 N–H and O–H groups in total. The summed E-state index contributed by atoms with van der Waals surface area (Å²) in [4.78, 5) is 27.4. The third-order valence-electron chi connectivity index (χ3n) is 5.40. The first-order chi connectivity index (χ1) is 15.1. The molecule has 2 amide bonds. The topological polar surface area (TPSA) is 67.9 Å². The van der Waals surface area contributed by atoms with Crippen LogP contribution in [0.1, 0.15) is 42.9 Å². The van der Waals surface area contributed by atoms with Crippen LogP contribution in [-0.4, -0.2) is 43.0 Å². The second-order valence-electron chi connectivity index (χ2n) is 7.79. The molecule has 0 spiro atoms. The number of ether oxygens (including phenoxy) is 2. The number of para-hydroxylation sites is 1. The van der Waals surface area contributed by atoms with Crippen LogP contribution in [0.25, 0.3) is 0 Å². The lowest BCUT2D eigenvalue weighted by Crippen LogP contribution is -2.41. The van der Waals surface area contributed by atoms with Crippen molar-refractivity contribution in [3.63, 3.8) is 0 Å². The second kappa shape index (κ2) is 11.4. The molecule has 0 radical (unpaired) electrons. The number of carbonyl (C=O) groups is 2. The van der Waals surface area contributed by atoms with E-state index in [1.165, 1.54) is 0 Å². The average molecular weight is 425 g/mol. The van der Waals surface area contributed by atoms with Gasteiger partial charge in [-0.3, -0.25) is 9.59 Å². The summed E-state index contributed by atoms with van der Waals surface area (Å²) in [6.45, 7) is 5.93. The van der Waals surface area contributed by atoms with Crippen molar-refractivity contribution in [3.05, 3.63) is 59.2 Å². The van der Waals surface area contributed by atoms with Crippen molar-refractivity contribution in [1.29, 1.82) is 0 Å². The van der Waals surface area contributed by atoms with Gasteiger partial charge < -0.3 is 19.7 Å². The van der Waals surface area contributed by atoms with E-state index in [4.69, 9.17) is 9.47 Å². The van der Waals surface area contributed by atoms with Gasteiger partial charge >= 0.3 is 0 Å². The van der Waals surface area contributed by atoms with Gasteiger partial charge in [-0.25, -0.2) is 0 Å². The van der Waals surface area contributed by atoms with E-state index in [-0.39, 0.29) is 31.3 Å². The molecule has 3 rings (SSSR count). The molecule has 0 aliphatic carbocycles. The lowest BCUT2D eigenvalue weighted by Gasteiger charge is -2.24. The number of hydrogen-bond acceptors (Lipinski definition) is 4. The van der Waals surface area contributed by atoms with E-state index in [1.54, 1.807) is 4.90 Å². The lowest BCUT2D eigenvalue weighted by molar-refractivity contribution is -0.136. The Bertz CT molecular complexity index is 897. The van der Waals surface area contributed by atoms with Crippen molar-refractivity contribution >= 4 is 11.8 Å². The van der Waals surface area contributed by atoms with Gasteiger partial charge in [0.2, 0.25) is 11.8 Å². The predicted molar refractivity (Wildman–Crippen MR) is 120 cm³/mol. The molecule has 6 heteroatoms. The van der Waals surface area contributed by atoms with Crippen LogP contribution in [-0.2, 0) is 22.6 Å². The Hall–Kier alpha value is -3.02. The highest BCUT2D eigenvalue weighted by atomic mass is 16.5. The van der Waals surface area contributed by atoms with Crippen LogP contribution in [0, 0.1) is 6.92 Å². The summed E-state index contributed by atoms with van der Waals surface area (Å²) in [5.74, 6) is 1.11. The van der Waals surface area contributed by atoms with Crippen LogP contribution < -0.4 is 14.8 Å². The Labute approximate surface area is 184 Å². The van der Waals surface area contributed by atoms with Crippen molar-refractivity contribution in [3.8, 4) is 11.5 Å². The van der Waals surface area contributed by atoms with Gasteiger partial charge in [-0.2, -0.15) is 0 Å². The van der Waals surface area contributed by atoms with Crippen molar-refractivity contribution in [2.45, 2.75) is 46.1 Å². The van der Waals surface area contributed by atoms with Gasteiger partial charge in [0.25, 0.3) is 0 Å². The van der Waals surface area contributed by atoms with Crippen molar-refractivity contribution in [1.82, 2.24) is 10.2 Å². The quantitative estimate of drug-likeness (QED) is 0.814. The first-order valence-corrected chi connectivity index (χ1v) is 11.0. The fourth-order valence-corrected chi connectivity index (χ4v) is 3.67. The Morgan fingerprint density at radius 2 is 1.94 bits per heavy atom. The van der Waals surface area contributed by atoms with E-state index in [0.29, 0.717) is 31.3 Å². The Balaban J connectivity index is 1.90. The number of carbonyl (C=O) groups excluding carboxylic acids is 2. The summed E-state index contributed by atoms with van der Waals surface area (Å²) in [5, 5.41) is 2.94. The highest BCUT2D eigenvalue weighted by molar-refractivity contribution is 5.86. The monoisotopic (exact) mass is 424 g/mol. The van der Waals surface area contributed by atoms with Crippen molar-refractivity contribution < 1.29 is 19.1 Å². The summed E-state index contributed by atoms with van der Waals surface area (Å²) >= 11 is 0. The van der Waals surface area contributed by atoms with E-state index >= 15 is 0 Å². The van der Waals surface area contributed by atoms with Gasteiger partial charge in [0.15, 0.2) is 11.5 Å². The SMILES string of the molecule is CCOc1cccc2c1OCCCCCNC(=O)CN(C(=O)Cc1ccccc1C)C2. The van der Waals surface area contributed by atoms with Crippen molar-refractivity contribution in [2.24, 2.45) is 0 Å². The zero-order chi connectivity index (χ0) is 22.1. The highest BCUT2D eigenvalue weighted by Crippen LogP contribution is 2.33. The van der Waals surface area contributed by atoms with Crippen LogP contribution in [0.2, 0.25) is 0 Å². The van der Waals surface area contributed by atoms with E-state index in [9.17, 15) is 9.59 Å². The van der Waals surface area contributed by atoms with Gasteiger partial charge in [-0.05, 0) is 50.3 Å². The minimum atomic E-state index is -0.138. The molecule has 6 nitrogen and oxygen atoms in total. The molecule has 1 aliphatic heterocycles.